The van der Waals surface area contributed by atoms with E-state index in [1.54, 1.807) is 25.6 Å². The van der Waals surface area contributed by atoms with Crippen LogP contribution in [0.4, 0.5) is 4.79 Å². The molecule has 0 unspecified atom stereocenters. The zero-order chi connectivity index (χ0) is 16.2. The number of carbonyl (C=O) groups excluding carboxylic acids is 3. The van der Waals surface area contributed by atoms with Crippen LogP contribution in [0.15, 0.2) is 35.2 Å². The van der Waals surface area contributed by atoms with Gasteiger partial charge in [0, 0.05) is 17.2 Å². The second-order valence-electron chi connectivity index (χ2n) is 5.46. The summed E-state index contributed by atoms with van der Waals surface area (Å²) in [5.41, 5.74) is -0.944. The van der Waals surface area contributed by atoms with Crippen molar-refractivity contribution in [1.82, 2.24) is 15.5 Å². The molecule has 0 saturated carbocycles. The minimum absolute atomic E-state index is 0.246. The topological polar surface area (TPSA) is 78.5 Å². The van der Waals surface area contributed by atoms with Gasteiger partial charge in [0.25, 0.3) is 5.91 Å². The zero-order valence-corrected chi connectivity index (χ0v) is 13.4. The average molecular weight is 321 g/mol. The number of imide groups is 1. The van der Waals surface area contributed by atoms with Gasteiger partial charge in [-0.3, -0.25) is 14.5 Å². The van der Waals surface area contributed by atoms with Crippen LogP contribution in [0.5, 0.6) is 0 Å². The minimum Gasteiger partial charge on any atom is -0.354 e. The Morgan fingerprint density at radius 3 is 2.55 bits per heavy atom. The van der Waals surface area contributed by atoms with E-state index >= 15 is 0 Å². The third-order valence-corrected chi connectivity index (χ3v) is 4.20. The van der Waals surface area contributed by atoms with E-state index in [-0.39, 0.29) is 18.4 Å². The fourth-order valence-electron chi connectivity index (χ4n) is 2.04. The smallest absolute Gasteiger partial charge is 0.325 e. The van der Waals surface area contributed by atoms with Crippen LogP contribution in [-0.2, 0) is 9.59 Å². The van der Waals surface area contributed by atoms with Crippen LogP contribution in [0, 0.1) is 0 Å². The molecule has 6 nitrogen and oxygen atoms in total. The predicted molar refractivity (Wildman–Crippen MR) is 84.5 cm³/mol. The molecule has 2 N–H and O–H groups in total. The van der Waals surface area contributed by atoms with Gasteiger partial charge >= 0.3 is 6.03 Å². The third kappa shape index (κ3) is 4.00. The molecular weight excluding hydrogens is 302 g/mol. The molecule has 0 spiro atoms. The average Bonchev–Trinajstić information content (AvgIpc) is 2.67. The fraction of sp³-hybridized carbons (Fsp3) is 0.400. The van der Waals surface area contributed by atoms with Gasteiger partial charge in [-0.05, 0) is 26.0 Å². The number of nitrogens with zero attached hydrogens (tertiary/aromatic N) is 1. The van der Waals surface area contributed by atoms with Crippen LogP contribution in [0.25, 0.3) is 0 Å². The summed E-state index contributed by atoms with van der Waals surface area (Å²) in [6.45, 7) is 3.46. The maximum Gasteiger partial charge on any atom is 0.325 e. The molecule has 1 aliphatic heterocycles. The fourth-order valence-corrected chi connectivity index (χ4v) is 2.83. The van der Waals surface area contributed by atoms with E-state index in [2.05, 4.69) is 10.6 Å². The largest absolute Gasteiger partial charge is 0.354 e. The molecule has 1 fully saturated rings. The van der Waals surface area contributed by atoms with Gasteiger partial charge in [0.15, 0.2) is 0 Å². The highest BCUT2D eigenvalue weighted by Crippen LogP contribution is 2.17. The van der Waals surface area contributed by atoms with Crippen LogP contribution >= 0.6 is 11.8 Å². The van der Waals surface area contributed by atoms with Crippen molar-refractivity contribution in [2.24, 2.45) is 0 Å². The highest BCUT2D eigenvalue weighted by atomic mass is 32.2. The van der Waals surface area contributed by atoms with Gasteiger partial charge in [-0.2, -0.15) is 0 Å². The quantitative estimate of drug-likeness (QED) is 0.469. The minimum atomic E-state index is -0.944. The predicted octanol–water partition coefficient (Wildman–Crippen LogP) is 1.23. The van der Waals surface area contributed by atoms with Crippen molar-refractivity contribution in [3.8, 4) is 0 Å². The Morgan fingerprint density at radius 2 is 1.95 bits per heavy atom. The van der Waals surface area contributed by atoms with Gasteiger partial charge in [0.1, 0.15) is 12.1 Å². The van der Waals surface area contributed by atoms with E-state index in [1.165, 1.54) is 0 Å². The molecule has 1 heterocycles. The van der Waals surface area contributed by atoms with Gasteiger partial charge in [0.05, 0.1) is 0 Å². The molecule has 118 valence electrons. The Labute approximate surface area is 133 Å². The maximum atomic E-state index is 11.9. The highest BCUT2D eigenvalue weighted by Gasteiger charge is 2.44. The molecule has 0 bridgehead atoms. The summed E-state index contributed by atoms with van der Waals surface area (Å²) in [5, 5.41) is 5.26. The highest BCUT2D eigenvalue weighted by molar-refractivity contribution is 7.99. The molecule has 0 aromatic heterocycles. The Kier molecular flexibility index (Phi) is 5.07. The zero-order valence-electron chi connectivity index (χ0n) is 12.6. The van der Waals surface area contributed by atoms with Crippen molar-refractivity contribution in [3.05, 3.63) is 30.3 Å². The summed E-state index contributed by atoms with van der Waals surface area (Å²) in [4.78, 5) is 37.5. The lowest BCUT2D eigenvalue weighted by atomic mass is 10.1. The van der Waals surface area contributed by atoms with E-state index in [0.717, 1.165) is 15.5 Å². The number of urea groups is 1. The van der Waals surface area contributed by atoms with E-state index in [0.29, 0.717) is 6.54 Å². The van der Waals surface area contributed by atoms with E-state index in [4.69, 9.17) is 0 Å². The summed E-state index contributed by atoms with van der Waals surface area (Å²) in [5.74, 6) is 0.00246. The summed E-state index contributed by atoms with van der Waals surface area (Å²) in [6, 6.07) is 9.35. The van der Waals surface area contributed by atoms with Crippen LogP contribution in [-0.4, -0.2) is 47.1 Å². The molecule has 22 heavy (non-hydrogen) atoms. The number of rotatable bonds is 6. The monoisotopic (exact) mass is 321 g/mol. The summed E-state index contributed by atoms with van der Waals surface area (Å²) in [7, 11) is 0. The van der Waals surface area contributed by atoms with Crippen molar-refractivity contribution in [3.63, 3.8) is 0 Å². The second-order valence-corrected chi connectivity index (χ2v) is 6.63. The van der Waals surface area contributed by atoms with Crippen molar-refractivity contribution < 1.29 is 14.4 Å². The van der Waals surface area contributed by atoms with Crippen LogP contribution in [0.3, 0.4) is 0 Å². The van der Waals surface area contributed by atoms with Gasteiger partial charge in [-0.15, -0.1) is 11.8 Å². The summed E-state index contributed by atoms with van der Waals surface area (Å²) in [6.07, 6.45) is 0. The van der Waals surface area contributed by atoms with Gasteiger partial charge in [-0.1, -0.05) is 18.2 Å². The standard InChI is InChI=1S/C15H19N3O3S/c1-15(2)13(20)18(14(21)17-15)10-12(19)16-8-9-22-11-6-4-3-5-7-11/h3-7H,8-10H2,1-2H3,(H,16,19)(H,17,21). The van der Waals surface area contributed by atoms with E-state index in [9.17, 15) is 14.4 Å². The summed E-state index contributed by atoms with van der Waals surface area (Å²) < 4.78 is 0. The Balaban J connectivity index is 1.72. The number of nitrogens with one attached hydrogen (secondary N) is 2. The normalized spacial score (nSPS) is 16.5. The lowest BCUT2D eigenvalue weighted by Gasteiger charge is -2.15. The van der Waals surface area contributed by atoms with Gasteiger partial charge in [-0.25, -0.2) is 4.79 Å². The number of benzene rings is 1. The first-order valence-corrected chi connectivity index (χ1v) is 7.97. The first-order chi connectivity index (χ1) is 10.4. The second kappa shape index (κ2) is 6.83. The molecule has 1 aliphatic rings. The van der Waals surface area contributed by atoms with Crippen LogP contribution < -0.4 is 10.6 Å². The lowest BCUT2D eigenvalue weighted by Crippen LogP contribution is -2.43. The van der Waals surface area contributed by atoms with Gasteiger partial charge < -0.3 is 10.6 Å². The Morgan fingerprint density at radius 1 is 1.27 bits per heavy atom. The molecule has 2 rings (SSSR count). The first-order valence-electron chi connectivity index (χ1n) is 6.99. The van der Waals surface area contributed by atoms with E-state index in [1.807, 2.05) is 30.3 Å². The molecule has 1 saturated heterocycles. The first kappa shape index (κ1) is 16.4. The third-order valence-electron chi connectivity index (χ3n) is 3.18. The molecule has 0 aliphatic carbocycles. The van der Waals surface area contributed by atoms with Crippen molar-refractivity contribution >= 4 is 29.6 Å². The van der Waals surface area contributed by atoms with Crippen LogP contribution in [0.1, 0.15) is 13.8 Å². The molecule has 1 aromatic carbocycles. The van der Waals surface area contributed by atoms with Crippen molar-refractivity contribution in [2.75, 3.05) is 18.8 Å². The molecule has 7 heteroatoms. The van der Waals surface area contributed by atoms with E-state index < -0.39 is 11.6 Å². The number of hydrogen-bond donors (Lipinski definition) is 2. The van der Waals surface area contributed by atoms with Crippen molar-refractivity contribution in [1.29, 1.82) is 0 Å². The molecule has 4 amide bonds. The molecule has 0 radical (unpaired) electrons. The number of thioether (sulfide) groups is 1. The number of carbonyl (C=O) groups is 3. The van der Waals surface area contributed by atoms with Crippen LogP contribution in [0.2, 0.25) is 0 Å². The molecule has 0 atom stereocenters. The van der Waals surface area contributed by atoms with Gasteiger partial charge in [0.2, 0.25) is 5.91 Å². The number of hydrogen-bond acceptors (Lipinski definition) is 4. The Bertz CT molecular complexity index is 575. The molecular formula is C15H19N3O3S. The number of amides is 4. The molecule has 1 aromatic rings. The summed E-state index contributed by atoms with van der Waals surface area (Å²) >= 11 is 1.63. The van der Waals surface area contributed by atoms with Crippen molar-refractivity contribution in [2.45, 2.75) is 24.3 Å². The lowest BCUT2D eigenvalue weighted by molar-refractivity contribution is -0.134. The maximum absolute atomic E-state index is 11.9. The SMILES string of the molecule is CC1(C)NC(=O)N(CC(=O)NCCSc2ccccc2)C1=O. The Hall–Kier alpha value is -2.02.